The van der Waals surface area contributed by atoms with Gasteiger partial charge in [-0.25, -0.2) is 0 Å². The highest BCUT2D eigenvalue weighted by Gasteiger charge is 2.20. The van der Waals surface area contributed by atoms with Crippen LogP contribution in [-0.4, -0.2) is 40.2 Å². The Kier molecular flexibility index (Phi) is 3.21. The molecule has 0 aliphatic carbocycles. The summed E-state index contributed by atoms with van der Waals surface area (Å²) in [6.07, 6.45) is 1.75. The zero-order valence-corrected chi connectivity index (χ0v) is 10.6. The number of nitrogens with one attached hydrogen (secondary N) is 3. The Hall–Kier alpha value is -1.53. The van der Waals surface area contributed by atoms with E-state index in [0.29, 0.717) is 0 Å². The van der Waals surface area contributed by atoms with E-state index < -0.39 is 0 Å². The molecule has 0 spiro atoms. The summed E-state index contributed by atoms with van der Waals surface area (Å²) >= 11 is 1.81. The van der Waals surface area contributed by atoms with E-state index in [1.54, 1.807) is 6.20 Å². The second kappa shape index (κ2) is 4.99. The lowest BCUT2D eigenvalue weighted by Crippen LogP contribution is -2.46. The van der Waals surface area contributed by atoms with Crippen LogP contribution in [-0.2, 0) is 4.79 Å². The maximum atomic E-state index is 12.0. The van der Waals surface area contributed by atoms with Gasteiger partial charge in [0.2, 0.25) is 5.91 Å². The van der Waals surface area contributed by atoms with Crippen molar-refractivity contribution in [3.63, 3.8) is 0 Å². The third-order valence-corrected chi connectivity index (χ3v) is 4.01. The summed E-state index contributed by atoms with van der Waals surface area (Å²) < 4.78 is 0. The summed E-state index contributed by atoms with van der Waals surface area (Å²) in [5.74, 6) is 1.94. The second-order valence-electron chi connectivity index (χ2n) is 4.24. The standard InChI is InChI=1S/C12H14N4OS/c17-12(11-7-18-4-3-13-11)15-9-1-2-10-8(5-9)6-14-16-10/h1-2,5-6,11,13H,3-4,7H2,(H,14,16)(H,15,17). The van der Waals surface area contributed by atoms with Gasteiger partial charge in [-0.3, -0.25) is 9.89 Å². The van der Waals surface area contributed by atoms with E-state index in [1.165, 1.54) is 0 Å². The number of H-pyrrole nitrogens is 1. The van der Waals surface area contributed by atoms with Crippen LogP contribution in [0.4, 0.5) is 5.69 Å². The SMILES string of the molecule is O=C(Nc1ccc2[nH]ncc2c1)C1CSCCN1. The number of carbonyl (C=O) groups excluding carboxylic acids is 1. The lowest BCUT2D eigenvalue weighted by Gasteiger charge is -2.22. The summed E-state index contributed by atoms with van der Waals surface area (Å²) in [7, 11) is 0. The molecule has 6 heteroatoms. The summed E-state index contributed by atoms with van der Waals surface area (Å²) in [5, 5.41) is 14.0. The van der Waals surface area contributed by atoms with E-state index in [2.05, 4.69) is 20.8 Å². The molecule has 18 heavy (non-hydrogen) atoms. The first kappa shape index (κ1) is 11.6. The molecule has 1 atom stereocenters. The average Bonchev–Trinajstić information content (AvgIpc) is 2.87. The minimum absolute atomic E-state index is 0.0324. The molecule has 1 aliphatic heterocycles. The fourth-order valence-corrected chi connectivity index (χ4v) is 2.92. The van der Waals surface area contributed by atoms with Crippen LogP contribution in [0.3, 0.4) is 0 Å². The molecule has 0 saturated carbocycles. The van der Waals surface area contributed by atoms with Crippen LogP contribution in [0.5, 0.6) is 0 Å². The Labute approximate surface area is 109 Å². The number of rotatable bonds is 2. The molecule has 94 valence electrons. The van der Waals surface area contributed by atoms with Crippen molar-refractivity contribution in [3.05, 3.63) is 24.4 Å². The number of thioether (sulfide) groups is 1. The molecule has 5 nitrogen and oxygen atoms in total. The zero-order chi connectivity index (χ0) is 12.4. The van der Waals surface area contributed by atoms with Crippen molar-refractivity contribution >= 4 is 34.3 Å². The molecule has 1 aliphatic rings. The number of amides is 1. The highest BCUT2D eigenvalue weighted by atomic mass is 32.2. The van der Waals surface area contributed by atoms with E-state index in [9.17, 15) is 4.79 Å². The van der Waals surface area contributed by atoms with Crippen LogP contribution in [0.25, 0.3) is 10.9 Å². The number of nitrogens with zero attached hydrogens (tertiary/aromatic N) is 1. The molecule has 2 aromatic rings. The van der Waals surface area contributed by atoms with Crippen LogP contribution in [0.1, 0.15) is 0 Å². The first-order valence-electron chi connectivity index (χ1n) is 5.88. The zero-order valence-electron chi connectivity index (χ0n) is 9.77. The quantitative estimate of drug-likeness (QED) is 0.761. The van der Waals surface area contributed by atoms with Crippen molar-refractivity contribution in [3.8, 4) is 0 Å². The molecule has 0 radical (unpaired) electrons. The van der Waals surface area contributed by atoms with Crippen molar-refractivity contribution in [1.82, 2.24) is 15.5 Å². The van der Waals surface area contributed by atoms with E-state index in [4.69, 9.17) is 0 Å². The van der Waals surface area contributed by atoms with E-state index >= 15 is 0 Å². The second-order valence-corrected chi connectivity index (χ2v) is 5.39. The Bertz CT molecular complexity index is 562. The molecular weight excluding hydrogens is 248 g/mol. The fourth-order valence-electron chi connectivity index (χ4n) is 1.98. The van der Waals surface area contributed by atoms with Crippen molar-refractivity contribution in [2.75, 3.05) is 23.4 Å². The van der Waals surface area contributed by atoms with Gasteiger partial charge in [-0.1, -0.05) is 0 Å². The average molecular weight is 262 g/mol. The number of hydrogen-bond acceptors (Lipinski definition) is 4. The molecule has 1 aromatic carbocycles. The van der Waals surface area contributed by atoms with Crippen LogP contribution in [0.15, 0.2) is 24.4 Å². The monoisotopic (exact) mass is 262 g/mol. The molecule has 0 bridgehead atoms. The van der Waals surface area contributed by atoms with E-state index in [-0.39, 0.29) is 11.9 Å². The van der Waals surface area contributed by atoms with Gasteiger partial charge in [0, 0.05) is 29.1 Å². The number of aromatic amines is 1. The molecule has 3 N–H and O–H groups in total. The van der Waals surface area contributed by atoms with Gasteiger partial charge in [0.05, 0.1) is 17.8 Å². The third kappa shape index (κ3) is 2.34. The maximum absolute atomic E-state index is 12.0. The molecule has 1 unspecified atom stereocenters. The fraction of sp³-hybridized carbons (Fsp3) is 0.333. The normalized spacial score (nSPS) is 19.9. The molecule has 3 rings (SSSR count). The number of carbonyl (C=O) groups is 1. The van der Waals surface area contributed by atoms with E-state index in [1.807, 2.05) is 30.0 Å². The van der Waals surface area contributed by atoms with Gasteiger partial charge in [-0.15, -0.1) is 0 Å². The van der Waals surface area contributed by atoms with Gasteiger partial charge < -0.3 is 10.6 Å². The van der Waals surface area contributed by atoms with Crippen molar-refractivity contribution in [1.29, 1.82) is 0 Å². The Morgan fingerprint density at radius 2 is 2.44 bits per heavy atom. The smallest absolute Gasteiger partial charge is 0.242 e. The van der Waals surface area contributed by atoms with Crippen LogP contribution in [0, 0.1) is 0 Å². The van der Waals surface area contributed by atoms with Crippen molar-refractivity contribution in [2.24, 2.45) is 0 Å². The van der Waals surface area contributed by atoms with Gasteiger partial charge >= 0.3 is 0 Å². The van der Waals surface area contributed by atoms with Crippen LogP contribution >= 0.6 is 11.8 Å². The van der Waals surface area contributed by atoms with Crippen LogP contribution in [0.2, 0.25) is 0 Å². The van der Waals surface area contributed by atoms with Crippen molar-refractivity contribution < 1.29 is 4.79 Å². The number of aromatic nitrogens is 2. The first-order valence-corrected chi connectivity index (χ1v) is 7.03. The lowest BCUT2D eigenvalue weighted by atomic mass is 10.2. The van der Waals surface area contributed by atoms with Crippen LogP contribution < -0.4 is 10.6 Å². The first-order chi connectivity index (χ1) is 8.83. The van der Waals surface area contributed by atoms with Crippen molar-refractivity contribution in [2.45, 2.75) is 6.04 Å². The Balaban J connectivity index is 1.72. The summed E-state index contributed by atoms with van der Waals surface area (Å²) in [5.41, 5.74) is 1.78. The molecule has 1 fully saturated rings. The number of benzene rings is 1. The topological polar surface area (TPSA) is 69.8 Å². The molecule has 2 heterocycles. The largest absolute Gasteiger partial charge is 0.325 e. The summed E-state index contributed by atoms with van der Waals surface area (Å²) in [6.45, 7) is 0.892. The van der Waals surface area contributed by atoms with Gasteiger partial charge in [0.1, 0.15) is 0 Å². The van der Waals surface area contributed by atoms with E-state index in [0.717, 1.165) is 34.6 Å². The van der Waals surface area contributed by atoms with Gasteiger partial charge in [-0.2, -0.15) is 16.9 Å². The van der Waals surface area contributed by atoms with Gasteiger partial charge in [0.15, 0.2) is 0 Å². The van der Waals surface area contributed by atoms with Gasteiger partial charge in [-0.05, 0) is 18.2 Å². The highest BCUT2D eigenvalue weighted by Crippen LogP contribution is 2.17. The Morgan fingerprint density at radius 3 is 3.28 bits per heavy atom. The third-order valence-electron chi connectivity index (χ3n) is 2.95. The van der Waals surface area contributed by atoms with Gasteiger partial charge in [0.25, 0.3) is 0 Å². The minimum Gasteiger partial charge on any atom is -0.325 e. The minimum atomic E-state index is -0.0937. The lowest BCUT2D eigenvalue weighted by molar-refractivity contribution is -0.117. The summed E-state index contributed by atoms with van der Waals surface area (Å²) in [6, 6.07) is 5.63. The maximum Gasteiger partial charge on any atom is 0.242 e. The number of anilines is 1. The molecule has 1 aromatic heterocycles. The molecule has 1 saturated heterocycles. The predicted molar refractivity (Wildman–Crippen MR) is 73.8 cm³/mol. The predicted octanol–water partition coefficient (Wildman–Crippen LogP) is 1.21. The molecule has 1 amide bonds. The number of fused-ring (bicyclic) bond motifs is 1. The number of hydrogen-bond donors (Lipinski definition) is 3. The molecular formula is C12H14N4OS. The Morgan fingerprint density at radius 1 is 1.50 bits per heavy atom. The highest BCUT2D eigenvalue weighted by molar-refractivity contribution is 7.99. The summed E-state index contributed by atoms with van der Waals surface area (Å²) in [4.78, 5) is 12.0.